The molecule has 0 bridgehead atoms. The summed E-state index contributed by atoms with van der Waals surface area (Å²) in [5.74, 6) is 0. The van der Waals surface area contributed by atoms with Gasteiger partial charge in [-0.3, -0.25) is 10.1 Å². The summed E-state index contributed by atoms with van der Waals surface area (Å²) in [6.07, 6.45) is 0. The summed E-state index contributed by atoms with van der Waals surface area (Å²) < 4.78 is 26.0. The summed E-state index contributed by atoms with van der Waals surface area (Å²) in [6.45, 7) is 2.06. The van der Waals surface area contributed by atoms with E-state index in [1.54, 1.807) is 0 Å². The second-order valence-electron chi connectivity index (χ2n) is 4.38. The molecule has 0 atom stereocenters. The van der Waals surface area contributed by atoms with Gasteiger partial charge in [-0.05, 0) is 13.1 Å². The number of non-ortho nitro benzene ring substituents is 1. The van der Waals surface area contributed by atoms with Crippen LogP contribution in [0.15, 0.2) is 23.1 Å². The summed E-state index contributed by atoms with van der Waals surface area (Å²) in [4.78, 5) is 11.9. The van der Waals surface area contributed by atoms with Gasteiger partial charge in [-0.1, -0.05) is 0 Å². The van der Waals surface area contributed by atoms with Crippen LogP contribution in [-0.2, 0) is 10.0 Å². The molecule has 1 aliphatic heterocycles. The fourth-order valence-electron chi connectivity index (χ4n) is 1.86. The van der Waals surface area contributed by atoms with Gasteiger partial charge in [0.15, 0.2) is 0 Å². The SMILES string of the molecule is CN1CCN(S(=O)(=O)c2[c]ccc([N+](=O)[O-])c2)CC1. The molecule has 1 heterocycles. The van der Waals surface area contributed by atoms with Gasteiger partial charge in [-0.25, -0.2) is 8.42 Å². The van der Waals surface area contributed by atoms with Gasteiger partial charge < -0.3 is 4.90 Å². The monoisotopic (exact) mass is 284 g/mol. The third kappa shape index (κ3) is 2.91. The van der Waals surface area contributed by atoms with E-state index in [0.717, 1.165) is 6.07 Å². The maximum atomic E-state index is 12.3. The summed E-state index contributed by atoms with van der Waals surface area (Å²) >= 11 is 0. The molecule has 0 spiro atoms. The van der Waals surface area contributed by atoms with Crippen molar-refractivity contribution in [2.24, 2.45) is 0 Å². The Balaban J connectivity index is 2.29. The van der Waals surface area contributed by atoms with Crippen LogP contribution >= 0.6 is 0 Å². The van der Waals surface area contributed by atoms with Crippen molar-refractivity contribution < 1.29 is 13.3 Å². The fraction of sp³-hybridized carbons (Fsp3) is 0.455. The molecule has 0 amide bonds. The lowest BCUT2D eigenvalue weighted by molar-refractivity contribution is -0.385. The van der Waals surface area contributed by atoms with Crippen LogP contribution in [0.3, 0.4) is 0 Å². The van der Waals surface area contributed by atoms with Gasteiger partial charge >= 0.3 is 0 Å². The van der Waals surface area contributed by atoms with Crippen LogP contribution in [-0.4, -0.2) is 55.8 Å². The Labute approximate surface area is 111 Å². The minimum atomic E-state index is -3.69. The Bertz CT molecular complexity index is 579. The molecule has 1 radical (unpaired) electrons. The average molecular weight is 284 g/mol. The van der Waals surface area contributed by atoms with Crippen LogP contribution in [0.5, 0.6) is 0 Å². The van der Waals surface area contributed by atoms with E-state index in [2.05, 4.69) is 6.07 Å². The number of nitro benzene ring substituents is 1. The first kappa shape index (κ1) is 13.9. The molecular weight excluding hydrogens is 270 g/mol. The summed E-state index contributed by atoms with van der Waals surface area (Å²) in [7, 11) is -1.77. The number of nitrogens with zero attached hydrogens (tertiary/aromatic N) is 3. The molecule has 1 aliphatic rings. The second-order valence-corrected chi connectivity index (χ2v) is 6.28. The number of nitro groups is 1. The first-order chi connectivity index (χ1) is 8.91. The second kappa shape index (κ2) is 5.24. The van der Waals surface area contributed by atoms with Crippen LogP contribution in [0, 0.1) is 16.2 Å². The van der Waals surface area contributed by atoms with Crippen LogP contribution in [0.25, 0.3) is 0 Å². The first-order valence-electron chi connectivity index (χ1n) is 5.76. The van der Waals surface area contributed by atoms with E-state index in [9.17, 15) is 18.5 Å². The molecule has 1 aromatic rings. The number of likely N-dealkylation sites (N-methyl/N-ethyl adjacent to an activating group) is 1. The Kier molecular flexibility index (Phi) is 3.83. The zero-order valence-corrected chi connectivity index (χ0v) is 11.3. The molecule has 19 heavy (non-hydrogen) atoms. The van der Waals surface area contributed by atoms with E-state index in [0.29, 0.717) is 26.2 Å². The molecule has 0 aliphatic carbocycles. The van der Waals surface area contributed by atoms with Gasteiger partial charge in [-0.2, -0.15) is 4.31 Å². The third-order valence-electron chi connectivity index (χ3n) is 3.05. The number of piperazine rings is 1. The standard InChI is InChI=1S/C11H14N3O4S/c1-12-5-7-13(8-6-12)19(17,18)11-4-2-3-10(9-11)14(15)16/h2-3,9H,5-8H2,1H3. The smallest absolute Gasteiger partial charge is 0.270 e. The summed E-state index contributed by atoms with van der Waals surface area (Å²) in [6, 6.07) is 6.10. The lowest BCUT2D eigenvalue weighted by atomic mass is 10.3. The molecule has 103 valence electrons. The van der Waals surface area contributed by atoms with Crippen molar-refractivity contribution in [2.45, 2.75) is 4.90 Å². The molecule has 1 aromatic carbocycles. The molecule has 8 heteroatoms. The highest BCUT2D eigenvalue weighted by Crippen LogP contribution is 2.21. The highest BCUT2D eigenvalue weighted by atomic mass is 32.2. The topological polar surface area (TPSA) is 83.8 Å². The number of benzene rings is 1. The molecule has 0 aromatic heterocycles. The number of hydrogen-bond acceptors (Lipinski definition) is 5. The highest BCUT2D eigenvalue weighted by molar-refractivity contribution is 7.89. The quantitative estimate of drug-likeness (QED) is 0.590. The van der Waals surface area contributed by atoms with Crippen molar-refractivity contribution in [1.82, 2.24) is 9.21 Å². The lowest BCUT2D eigenvalue weighted by Gasteiger charge is -2.31. The minimum Gasteiger partial charge on any atom is -0.304 e. The number of rotatable bonds is 3. The zero-order chi connectivity index (χ0) is 14.0. The molecule has 0 N–H and O–H groups in total. The predicted molar refractivity (Wildman–Crippen MR) is 68.2 cm³/mol. The molecule has 2 rings (SSSR count). The van der Waals surface area contributed by atoms with E-state index in [-0.39, 0.29) is 10.6 Å². The zero-order valence-electron chi connectivity index (χ0n) is 10.4. The van der Waals surface area contributed by atoms with E-state index in [4.69, 9.17) is 0 Å². The van der Waals surface area contributed by atoms with Gasteiger partial charge in [0.05, 0.1) is 9.82 Å². The lowest BCUT2D eigenvalue weighted by Crippen LogP contribution is -2.47. The van der Waals surface area contributed by atoms with Crippen molar-refractivity contribution in [3.63, 3.8) is 0 Å². The van der Waals surface area contributed by atoms with Gasteiger partial charge in [0.1, 0.15) is 0 Å². The van der Waals surface area contributed by atoms with Crippen molar-refractivity contribution in [2.75, 3.05) is 33.2 Å². The van der Waals surface area contributed by atoms with Crippen molar-refractivity contribution in [1.29, 1.82) is 0 Å². The van der Waals surface area contributed by atoms with E-state index in [1.165, 1.54) is 16.4 Å². The molecule has 0 saturated carbocycles. The van der Waals surface area contributed by atoms with Crippen LogP contribution < -0.4 is 0 Å². The number of hydrogen-bond donors (Lipinski definition) is 0. The molecule has 0 unspecified atom stereocenters. The molecule has 7 nitrogen and oxygen atoms in total. The van der Waals surface area contributed by atoms with E-state index in [1.807, 2.05) is 11.9 Å². The Morgan fingerprint density at radius 2 is 1.95 bits per heavy atom. The van der Waals surface area contributed by atoms with Crippen molar-refractivity contribution in [3.8, 4) is 0 Å². The van der Waals surface area contributed by atoms with Crippen molar-refractivity contribution >= 4 is 15.7 Å². The largest absolute Gasteiger partial charge is 0.304 e. The Hall–Kier alpha value is -1.51. The summed E-state index contributed by atoms with van der Waals surface area (Å²) in [5.41, 5.74) is -0.244. The predicted octanol–water partition coefficient (Wildman–Crippen LogP) is 0.331. The molecule has 1 saturated heterocycles. The van der Waals surface area contributed by atoms with Gasteiger partial charge in [0.25, 0.3) is 5.69 Å². The van der Waals surface area contributed by atoms with Crippen LogP contribution in [0.4, 0.5) is 5.69 Å². The minimum absolute atomic E-state index is 0.147. The van der Waals surface area contributed by atoms with Crippen LogP contribution in [0.1, 0.15) is 0 Å². The Morgan fingerprint density at radius 1 is 1.32 bits per heavy atom. The van der Waals surface area contributed by atoms with Gasteiger partial charge in [0, 0.05) is 44.4 Å². The molecular formula is C11H14N3O4S. The van der Waals surface area contributed by atoms with E-state index >= 15 is 0 Å². The number of sulfonamides is 1. The summed E-state index contributed by atoms with van der Waals surface area (Å²) in [5, 5.41) is 10.7. The van der Waals surface area contributed by atoms with Gasteiger partial charge in [-0.15, -0.1) is 0 Å². The first-order valence-corrected chi connectivity index (χ1v) is 7.20. The average Bonchev–Trinajstić information content (AvgIpc) is 2.39. The molecule has 1 fully saturated rings. The van der Waals surface area contributed by atoms with Crippen molar-refractivity contribution in [3.05, 3.63) is 34.4 Å². The highest BCUT2D eigenvalue weighted by Gasteiger charge is 2.28. The van der Waals surface area contributed by atoms with E-state index < -0.39 is 14.9 Å². The van der Waals surface area contributed by atoms with Gasteiger partial charge in [0.2, 0.25) is 10.0 Å². The fourth-order valence-corrected chi connectivity index (χ4v) is 3.27. The van der Waals surface area contributed by atoms with Crippen LogP contribution in [0.2, 0.25) is 0 Å². The third-order valence-corrected chi connectivity index (χ3v) is 4.89. The Morgan fingerprint density at radius 3 is 2.53 bits per heavy atom. The maximum Gasteiger partial charge on any atom is 0.270 e. The maximum absolute atomic E-state index is 12.3. The normalized spacial score (nSPS) is 18.4.